The summed E-state index contributed by atoms with van der Waals surface area (Å²) in [5.41, 5.74) is 0.289. The van der Waals surface area contributed by atoms with E-state index in [4.69, 9.17) is 5.11 Å². The van der Waals surface area contributed by atoms with E-state index in [0.29, 0.717) is 16.8 Å². The van der Waals surface area contributed by atoms with Crippen molar-refractivity contribution in [1.29, 1.82) is 0 Å². The Kier molecular flexibility index (Phi) is 9.37. The zero-order valence-corrected chi connectivity index (χ0v) is 24.3. The minimum absolute atomic E-state index is 0.0684. The minimum Gasteiger partial charge on any atom is -0.394 e. The maximum Gasteiger partial charge on any atom is 0.293 e. The van der Waals surface area contributed by atoms with Gasteiger partial charge in [0, 0.05) is 47.7 Å². The van der Waals surface area contributed by atoms with Crippen LogP contribution in [0.5, 0.6) is 0 Å². The van der Waals surface area contributed by atoms with Crippen LogP contribution < -0.4 is 21.1 Å². The molecule has 0 fully saturated rings. The Hall–Kier alpha value is -4.87. The van der Waals surface area contributed by atoms with E-state index in [9.17, 15) is 19.5 Å². The van der Waals surface area contributed by atoms with Crippen molar-refractivity contribution in [1.82, 2.24) is 14.9 Å². The van der Waals surface area contributed by atoms with E-state index in [1.807, 2.05) is 20.8 Å². The quantitative estimate of drug-likeness (QED) is 0.233. The number of carbonyl (C=O) groups is 2. The number of aliphatic hydroxyl groups is 2. The third kappa shape index (κ3) is 7.14. The fraction of sp³-hybridized carbons (Fsp3) is 0.250. The standard InChI is InChI=1S/C32H34FN5O5/c1-32(2,3)38(30(42)21-9-6-5-7-10-21)26-12-8-11-24(27(26)33)25-18-37(4)31(43)28(36-25)35-22-15-13-20(14-16-22)29(41)34-17-23(40)19-39/h5-16,18,23,39-40H,17,19H2,1-4H3,(H,34,41)(H,35,36). The van der Waals surface area contributed by atoms with Gasteiger partial charge in [0.25, 0.3) is 17.4 Å². The lowest BCUT2D eigenvalue weighted by molar-refractivity contribution is 0.0802. The van der Waals surface area contributed by atoms with Gasteiger partial charge in [-0.05, 0) is 69.3 Å². The maximum atomic E-state index is 16.3. The topological polar surface area (TPSA) is 137 Å². The summed E-state index contributed by atoms with van der Waals surface area (Å²) in [5.74, 6) is -1.54. The first-order valence-electron chi connectivity index (χ1n) is 13.6. The summed E-state index contributed by atoms with van der Waals surface area (Å²) in [6, 6.07) is 19.5. The van der Waals surface area contributed by atoms with Gasteiger partial charge in [0.05, 0.1) is 24.1 Å². The molecule has 43 heavy (non-hydrogen) atoms. The van der Waals surface area contributed by atoms with Crippen molar-refractivity contribution in [2.24, 2.45) is 7.05 Å². The number of hydrogen-bond acceptors (Lipinski definition) is 7. The number of nitrogens with zero attached hydrogens (tertiary/aromatic N) is 3. The number of halogens is 1. The Bertz CT molecular complexity index is 1670. The SMILES string of the molecule is Cn1cc(-c2cccc(N(C(=O)c3ccccc3)C(C)(C)C)c2F)nc(Nc2ccc(C(=O)NCC(O)CO)cc2)c1=O. The molecule has 1 atom stereocenters. The fourth-order valence-corrected chi connectivity index (χ4v) is 4.41. The van der Waals surface area contributed by atoms with Gasteiger partial charge < -0.3 is 30.3 Å². The minimum atomic E-state index is -1.06. The monoisotopic (exact) mass is 587 g/mol. The number of anilines is 3. The first-order valence-corrected chi connectivity index (χ1v) is 13.6. The van der Waals surface area contributed by atoms with Crippen molar-refractivity contribution in [3.05, 3.63) is 106 Å². The molecule has 3 aromatic carbocycles. The number of aryl methyl sites for hydroxylation is 1. The largest absolute Gasteiger partial charge is 0.394 e. The van der Waals surface area contributed by atoms with Gasteiger partial charge in [-0.1, -0.05) is 24.3 Å². The summed E-state index contributed by atoms with van der Waals surface area (Å²) in [6.07, 6.45) is 0.357. The molecule has 0 saturated heterocycles. The van der Waals surface area contributed by atoms with Crippen LogP contribution in [0.15, 0.2) is 83.8 Å². The second kappa shape index (κ2) is 13.0. The van der Waals surface area contributed by atoms with E-state index in [1.165, 1.54) is 47.0 Å². The molecular formula is C32H34FN5O5. The number of aromatic nitrogens is 2. The maximum absolute atomic E-state index is 16.3. The predicted molar refractivity (Wildman–Crippen MR) is 163 cm³/mol. The van der Waals surface area contributed by atoms with Gasteiger partial charge in [-0.3, -0.25) is 14.4 Å². The van der Waals surface area contributed by atoms with Gasteiger partial charge in [0.2, 0.25) is 0 Å². The Labute approximate surface area is 248 Å². The van der Waals surface area contributed by atoms with Crippen molar-refractivity contribution < 1.29 is 24.2 Å². The van der Waals surface area contributed by atoms with Gasteiger partial charge in [-0.15, -0.1) is 0 Å². The van der Waals surface area contributed by atoms with Gasteiger partial charge in [0.15, 0.2) is 11.6 Å². The van der Waals surface area contributed by atoms with E-state index in [1.54, 1.807) is 48.5 Å². The average molecular weight is 588 g/mol. The predicted octanol–water partition coefficient (Wildman–Crippen LogP) is 3.86. The number of aliphatic hydroxyl groups excluding tert-OH is 2. The summed E-state index contributed by atoms with van der Waals surface area (Å²) < 4.78 is 17.5. The number of rotatable bonds is 9. The Balaban J connectivity index is 1.66. The molecule has 0 spiro atoms. The van der Waals surface area contributed by atoms with Crippen molar-refractivity contribution in [2.75, 3.05) is 23.4 Å². The van der Waals surface area contributed by atoms with Gasteiger partial charge in [-0.2, -0.15) is 0 Å². The molecule has 0 aliphatic rings. The summed E-state index contributed by atoms with van der Waals surface area (Å²) in [6.45, 7) is 4.88. The van der Waals surface area contributed by atoms with Crippen molar-refractivity contribution in [3.8, 4) is 11.3 Å². The highest BCUT2D eigenvalue weighted by Crippen LogP contribution is 2.34. The van der Waals surface area contributed by atoms with Crippen LogP contribution in [-0.2, 0) is 7.05 Å². The molecule has 4 aromatic rings. The molecule has 11 heteroatoms. The molecule has 4 N–H and O–H groups in total. The van der Waals surface area contributed by atoms with Crippen molar-refractivity contribution in [2.45, 2.75) is 32.4 Å². The highest BCUT2D eigenvalue weighted by atomic mass is 19.1. The second-order valence-electron chi connectivity index (χ2n) is 11.0. The molecule has 0 radical (unpaired) electrons. The highest BCUT2D eigenvalue weighted by molar-refractivity contribution is 6.07. The Morgan fingerprint density at radius 1 is 1.00 bits per heavy atom. The van der Waals surface area contributed by atoms with E-state index in [0.717, 1.165) is 0 Å². The third-order valence-corrected chi connectivity index (χ3v) is 6.58. The number of nitrogens with one attached hydrogen (secondary N) is 2. The number of benzene rings is 3. The summed E-state index contributed by atoms with van der Waals surface area (Å²) in [4.78, 5) is 44.6. The van der Waals surface area contributed by atoms with E-state index in [-0.39, 0.29) is 35.2 Å². The molecule has 4 rings (SSSR count). The summed E-state index contributed by atoms with van der Waals surface area (Å²) >= 11 is 0. The summed E-state index contributed by atoms with van der Waals surface area (Å²) in [5, 5.41) is 23.8. The van der Waals surface area contributed by atoms with Crippen LogP contribution >= 0.6 is 0 Å². The molecule has 0 bridgehead atoms. The zero-order chi connectivity index (χ0) is 31.3. The van der Waals surface area contributed by atoms with E-state index in [2.05, 4.69) is 15.6 Å². The van der Waals surface area contributed by atoms with Crippen LogP contribution in [0.4, 0.5) is 21.6 Å². The van der Waals surface area contributed by atoms with Gasteiger partial charge in [0.1, 0.15) is 0 Å². The first kappa shape index (κ1) is 31.1. The molecule has 10 nitrogen and oxygen atoms in total. The fourth-order valence-electron chi connectivity index (χ4n) is 4.41. The number of amides is 2. The van der Waals surface area contributed by atoms with Crippen LogP contribution in [0.2, 0.25) is 0 Å². The lowest BCUT2D eigenvalue weighted by atomic mass is 10.0. The number of carbonyl (C=O) groups excluding carboxylic acids is 2. The molecule has 224 valence electrons. The highest BCUT2D eigenvalue weighted by Gasteiger charge is 2.32. The molecule has 2 amide bonds. The van der Waals surface area contributed by atoms with Crippen molar-refractivity contribution >= 4 is 29.0 Å². The molecule has 1 aromatic heterocycles. The molecule has 0 saturated carbocycles. The van der Waals surface area contributed by atoms with Crippen LogP contribution in [0.25, 0.3) is 11.3 Å². The molecule has 0 aliphatic heterocycles. The zero-order valence-electron chi connectivity index (χ0n) is 24.3. The Morgan fingerprint density at radius 3 is 2.30 bits per heavy atom. The second-order valence-corrected chi connectivity index (χ2v) is 11.0. The van der Waals surface area contributed by atoms with Crippen molar-refractivity contribution in [3.63, 3.8) is 0 Å². The Morgan fingerprint density at radius 2 is 1.67 bits per heavy atom. The molecule has 1 heterocycles. The molecule has 1 unspecified atom stereocenters. The lowest BCUT2D eigenvalue weighted by Gasteiger charge is -2.36. The normalized spacial score (nSPS) is 12.0. The molecular weight excluding hydrogens is 553 g/mol. The third-order valence-electron chi connectivity index (χ3n) is 6.58. The van der Waals surface area contributed by atoms with Crippen LogP contribution in [0, 0.1) is 5.82 Å². The van der Waals surface area contributed by atoms with Gasteiger partial charge >= 0.3 is 0 Å². The van der Waals surface area contributed by atoms with Crippen LogP contribution in [0.3, 0.4) is 0 Å². The van der Waals surface area contributed by atoms with Crippen LogP contribution in [-0.4, -0.2) is 56.4 Å². The molecule has 0 aliphatic carbocycles. The smallest absolute Gasteiger partial charge is 0.293 e. The number of hydrogen-bond donors (Lipinski definition) is 4. The van der Waals surface area contributed by atoms with E-state index < -0.39 is 35.5 Å². The average Bonchev–Trinajstić information content (AvgIpc) is 2.99. The van der Waals surface area contributed by atoms with Gasteiger partial charge in [-0.25, -0.2) is 9.37 Å². The first-order chi connectivity index (χ1) is 20.4. The summed E-state index contributed by atoms with van der Waals surface area (Å²) in [7, 11) is 1.52. The van der Waals surface area contributed by atoms with E-state index >= 15 is 4.39 Å². The van der Waals surface area contributed by atoms with Crippen LogP contribution in [0.1, 0.15) is 41.5 Å². The lowest BCUT2D eigenvalue weighted by Crippen LogP contribution is -2.46.